The van der Waals surface area contributed by atoms with Gasteiger partial charge in [-0.2, -0.15) is 0 Å². The van der Waals surface area contributed by atoms with Crippen LogP contribution in [-0.2, 0) is 4.79 Å². The van der Waals surface area contributed by atoms with Gasteiger partial charge in [-0.15, -0.1) is 0 Å². The van der Waals surface area contributed by atoms with Crippen LogP contribution < -0.4 is 11.1 Å². The molecule has 0 radical (unpaired) electrons. The van der Waals surface area contributed by atoms with Crippen molar-refractivity contribution in [1.29, 1.82) is 0 Å². The van der Waals surface area contributed by atoms with Crippen molar-refractivity contribution in [2.24, 2.45) is 23.5 Å². The molecule has 0 saturated heterocycles. The fourth-order valence-corrected chi connectivity index (χ4v) is 2.50. The van der Waals surface area contributed by atoms with Crippen molar-refractivity contribution in [2.75, 3.05) is 6.54 Å². The Morgan fingerprint density at radius 1 is 1.44 bits per heavy atom. The Morgan fingerprint density at radius 2 is 2.12 bits per heavy atom. The molecule has 0 spiro atoms. The minimum absolute atomic E-state index is 0.0215. The van der Waals surface area contributed by atoms with Crippen LogP contribution in [0, 0.1) is 17.8 Å². The third-order valence-electron chi connectivity index (χ3n) is 3.43. The van der Waals surface area contributed by atoms with Gasteiger partial charge in [-0.3, -0.25) is 4.79 Å². The molecule has 0 aromatic carbocycles. The molecule has 1 fully saturated rings. The van der Waals surface area contributed by atoms with E-state index in [9.17, 15) is 4.79 Å². The van der Waals surface area contributed by atoms with Gasteiger partial charge in [0.1, 0.15) is 0 Å². The highest BCUT2D eigenvalue weighted by molar-refractivity contribution is 5.81. The summed E-state index contributed by atoms with van der Waals surface area (Å²) in [4.78, 5) is 11.7. The highest BCUT2D eigenvalue weighted by atomic mass is 16.2. The van der Waals surface area contributed by atoms with Gasteiger partial charge >= 0.3 is 0 Å². The Labute approximate surface area is 99.2 Å². The van der Waals surface area contributed by atoms with E-state index >= 15 is 0 Å². The molecule has 3 heteroatoms. The van der Waals surface area contributed by atoms with Crippen LogP contribution in [0.15, 0.2) is 0 Å². The van der Waals surface area contributed by atoms with Gasteiger partial charge in [-0.25, -0.2) is 0 Å². The maximum absolute atomic E-state index is 11.7. The normalized spacial score (nSPS) is 27.1. The maximum atomic E-state index is 11.7. The van der Waals surface area contributed by atoms with Gasteiger partial charge < -0.3 is 11.1 Å². The highest BCUT2D eigenvalue weighted by Gasteiger charge is 2.22. The van der Waals surface area contributed by atoms with Gasteiger partial charge in [0.2, 0.25) is 5.91 Å². The van der Waals surface area contributed by atoms with E-state index in [1.54, 1.807) is 0 Å². The molecule has 0 bridgehead atoms. The van der Waals surface area contributed by atoms with Crippen LogP contribution >= 0.6 is 0 Å². The Morgan fingerprint density at radius 3 is 2.62 bits per heavy atom. The lowest BCUT2D eigenvalue weighted by Crippen LogP contribution is -2.42. The molecular weight excluding hydrogens is 200 g/mol. The molecule has 0 heterocycles. The fraction of sp³-hybridized carbons (Fsp3) is 0.923. The van der Waals surface area contributed by atoms with E-state index < -0.39 is 0 Å². The van der Waals surface area contributed by atoms with Gasteiger partial charge in [-0.1, -0.05) is 27.2 Å². The first-order valence-electron chi connectivity index (χ1n) is 6.52. The van der Waals surface area contributed by atoms with Crippen molar-refractivity contribution in [2.45, 2.75) is 52.5 Å². The molecule has 1 aliphatic carbocycles. The van der Waals surface area contributed by atoms with E-state index in [1.807, 2.05) is 0 Å². The first-order valence-corrected chi connectivity index (χ1v) is 6.52. The summed E-state index contributed by atoms with van der Waals surface area (Å²) >= 11 is 0. The molecule has 1 saturated carbocycles. The SMILES string of the molecule is CC(C)CC(N)C(=O)NCC1CCC(C)C1. The predicted molar refractivity (Wildman–Crippen MR) is 66.9 cm³/mol. The Bertz CT molecular complexity index is 228. The topological polar surface area (TPSA) is 55.1 Å². The largest absolute Gasteiger partial charge is 0.354 e. The van der Waals surface area contributed by atoms with E-state index in [4.69, 9.17) is 5.73 Å². The summed E-state index contributed by atoms with van der Waals surface area (Å²) in [6, 6.07) is -0.334. The molecule has 16 heavy (non-hydrogen) atoms. The van der Waals surface area contributed by atoms with Crippen LogP contribution in [-0.4, -0.2) is 18.5 Å². The number of carbonyl (C=O) groups is 1. The number of amides is 1. The third-order valence-corrected chi connectivity index (χ3v) is 3.43. The standard InChI is InChI=1S/C13H26N2O/c1-9(2)6-12(14)13(16)15-8-11-5-4-10(3)7-11/h9-12H,4-8,14H2,1-3H3,(H,15,16). The summed E-state index contributed by atoms with van der Waals surface area (Å²) < 4.78 is 0. The van der Waals surface area contributed by atoms with Gasteiger partial charge in [0.25, 0.3) is 0 Å². The van der Waals surface area contributed by atoms with Crippen molar-refractivity contribution in [3.63, 3.8) is 0 Å². The molecule has 3 atom stereocenters. The van der Waals surface area contributed by atoms with Crippen molar-refractivity contribution >= 4 is 5.91 Å². The number of rotatable bonds is 5. The molecule has 1 rings (SSSR count). The van der Waals surface area contributed by atoms with Gasteiger partial charge in [0.05, 0.1) is 6.04 Å². The summed E-state index contributed by atoms with van der Waals surface area (Å²) in [5.74, 6) is 2.00. The smallest absolute Gasteiger partial charge is 0.236 e. The number of hydrogen-bond donors (Lipinski definition) is 2. The van der Waals surface area contributed by atoms with Crippen LogP contribution in [0.2, 0.25) is 0 Å². The molecular formula is C13H26N2O. The fourth-order valence-electron chi connectivity index (χ4n) is 2.50. The molecule has 94 valence electrons. The first kappa shape index (κ1) is 13.5. The second-order valence-electron chi connectivity index (χ2n) is 5.77. The summed E-state index contributed by atoms with van der Waals surface area (Å²) in [6.45, 7) is 7.28. The minimum atomic E-state index is -0.334. The van der Waals surface area contributed by atoms with E-state index in [2.05, 4.69) is 26.1 Å². The molecule has 3 nitrogen and oxygen atoms in total. The molecule has 0 aromatic heterocycles. The zero-order chi connectivity index (χ0) is 12.1. The summed E-state index contributed by atoms with van der Waals surface area (Å²) in [5, 5.41) is 2.99. The second-order valence-corrected chi connectivity index (χ2v) is 5.77. The van der Waals surface area contributed by atoms with Crippen LogP contribution in [0.5, 0.6) is 0 Å². The molecule has 3 N–H and O–H groups in total. The van der Waals surface area contributed by atoms with E-state index in [0.29, 0.717) is 11.8 Å². The average molecular weight is 226 g/mol. The Balaban J connectivity index is 2.19. The zero-order valence-electron chi connectivity index (χ0n) is 10.8. The lowest BCUT2D eigenvalue weighted by atomic mass is 10.0. The number of hydrogen-bond acceptors (Lipinski definition) is 2. The Kier molecular flexibility index (Phi) is 5.26. The number of nitrogens with one attached hydrogen (secondary N) is 1. The lowest BCUT2D eigenvalue weighted by Gasteiger charge is -2.16. The summed E-state index contributed by atoms with van der Waals surface area (Å²) in [5.41, 5.74) is 5.82. The van der Waals surface area contributed by atoms with Crippen LogP contribution in [0.3, 0.4) is 0 Å². The van der Waals surface area contributed by atoms with Crippen molar-refractivity contribution in [3.05, 3.63) is 0 Å². The zero-order valence-corrected chi connectivity index (χ0v) is 10.8. The maximum Gasteiger partial charge on any atom is 0.236 e. The summed E-state index contributed by atoms with van der Waals surface area (Å²) in [7, 11) is 0. The monoisotopic (exact) mass is 226 g/mol. The third kappa shape index (κ3) is 4.52. The van der Waals surface area contributed by atoms with Gasteiger partial charge in [0, 0.05) is 6.54 Å². The lowest BCUT2D eigenvalue weighted by molar-refractivity contribution is -0.122. The highest BCUT2D eigenvalue weighted by Crippen LogP contribution is 2.29. The van der Waals surface area contributed by atoms with Crippen LogP contribution in [0.25, 0.3) is 0 Å². The van der Waals surface area contributed by atoms with Crippen LogP contribution in [0.1, 0.15) is 46.5 Å². The van der Waals surface area contributed by atoms with E-state index in [1.165, 1.54) is 19.3 Å². The number of nitrogens with two attached hydrogens (primary N) is 1. The molecule has 0 aliphatic heterocycles. The molecule has 0 aromatic rings. The van der Waals surface area contributed by atoms with Crippen molar-refractivity contribution in [1.82, 2.24) is 5.32 Å². The first-order chi connectivity index (χ1) is 7.49. The molecule has 3 unspecified atom stereocenters. The summed E-state index contributed by atoms with van der Waals surface area (Å²) in [6.07, 6.45) is 4.58. The van der Waals surface area contributed by atoms with Crippen LogP contribution in [0.4, 0.5) is 0 Å². The predicted octanol–water partition coefficient (Wildman–Crippen LogP) is 1.91. The minimum Gasteiger partial charge on any atom is -0.354 e. The second kappa shape index (κ2) is 6.24. The quantitative estimate of drug-likeness (QED) is 0.752. The number of carbonyl (C=O) groups excluding carboxylic acids is 1. The van der Waals surface area contributed by atoms with E-state index in [-0.39, 0.29) is 11.9 Å². The average Bonchev–Trinajstić information content (AvgIpc) is 2.59. The van der Waals surface area contributed by atoms with Gasteiger partial charge in [0.15, 0.2) is 0 Å². The Hall–Kier alpha value is -0.570. The molecule has 1 aliphatic rings. The van der Waals surface area contributed by atoms with Gasteiger partial charge in [-0.05, 0) is 37.0 Å². The van der Waals surface area contributed by atoms with Crippen molar-refractivity contribution in [3.8, 4) is 0 Å². The van der Waals surface area contributed by atoms with Crippen molar-refractivity contribution < 1.29 is 4.79 Å². The molecule has 1 amide bonds. The van der Waals surface area contributed by atoms with E-state index in [0.717, 1.165) is 18.9 Å².